The summed E-state index contributed by atoms with van der Waals surface area (Å²) in [6.45, 7) is 4.88. The molecule has 2 heterocycles. The largest absolute Gasteiger partial charge is 0.379 e. The Morgan fingerprint density at radius 1 is 1.65 bits per heavy atom. The zero-order valence-electron chi connectivity index (χ0n) is 9.72. The van der Waals surface area contributed by atoms with Gasteiger partial charge in [0, 0.05) is 12.5 Å². The molecule has 7 heteroatoms. The summed E-state index contributed by atoms with van der Waals surface area (Å²) < 4.78 is 6.78. The van der Waals surface area contributed by atoms with Crippen molar-refractivity contribution < 1.29 is 9.66 Å². The number of hydrogen-bond acceptors (Lipinski definition) is 4. The molecule has 0 aliphatic carbocycles. The Balaban J connectivity index is 2.47. The molecule has 0 radical (unpaired) electrons. The van der Waals surface area contributed by atoms with Crippen LogP contribution in [0.15, 0.2) is 0 Å². The van der Waals surface area contributed by atoms with Crippen molar-refractivity contribution in [2.75, 3.05) is 13.2 Å². The van der Waals surface area contributed by atoms with Crippen LogP contribution in [-0.2, 0) is 4.74 Å². The van der Waals surface area contributed by atoms with Crippen LogP contribution in [0.5, 0.6) is 0 Å². The summed E-state index contributed by atoms with van der Waals surface area (Å²) in [6.07, 6.45) is 0.788. The maximum atomic E-state index is 11.0. The first-order chi connectivity index (χ1) is 8.02. The molecule has 1 atom stereocenters. The maximum absolute atomic E-state index is 11.0. The molecular formula is C10H14ClN3O3. The highest BCUT2D eigenvalue weighted by Crippen LogP contribution is 2.36. The lowest BCUT2D eigenvalue weighted by Crippen LogP contribution is -2.10. The Morgan fingerprint density at radius 3 is 2.76 bits per heavy atom. The van der Waals surface area contributed by atoms with E-state index >= 15 is 0 Å². The fourth-order valence-corrected chi connectivity index (χ4v) is 2.28. The van der Waals surface area contributed by atoms with Gasteiger partial charge in [-0.25, -0.2) is 4.68 Å². The topological polar surface area (TPSA) is 70.2 Å². The van der Waals surface area contributed by atoms with E-state index in [4.69, 9.17) is 16.3 Å². The lowest BCUT2D eigenvalue weighted by atomic mass is 10.1. The molecule has 0 saturated carbocycles. The molecule has 0 N–H and O–H groups in total. The molecule has 0 spiro atoms. The van der Waals surface area contributed by atoms with Crippen LogP contribution >= 0.6 is 11.6 Å². The van der Waals surface area contributed by atoms with Crippen LogP contribution in [0.3, 0.4) is 0 Å². The number of halogens is 1. The average Bonchev–Trinajstić information content (AvgIpc) is 2.83. The molecule has 0 amide bonds. The van der Waals surface area contributed by atoms with Gasteiger partial charge in [-0.05, 0) is 6.42 Å². The molecule has 0 aromatic carbocycles. The summed E-state index contributed by atoms with van der Waals surface area (Å²) >= 11 is 6.05. The molecule has 1 saturated heterocycles. The van der Waals surface area contributed by atoms with Crippen LogP contribution in [-0.4, -0.2) is 27.9 Å². The number of nitrogens with zero attached hydrogens (tertiary/aromatic N) is 3. The Labute approximate surface area is 104 Å². The van der Waals surface area contributed by atoms with E-state index in [0.29, 0.717) is 18.9 Å². The van der Waals surface area contributed by atoms with Gasteiger partial charge in [0.05, 0.1) is 17.6 Å². The van der Waals surface area contributed by atoms with Gasteiger partial charge in [0.1, 0.15) is 5.69 Å². The third-order valence-corrected chi connectivity index (χ3v) is 3.19. The standard InChI is InChI=1S/C10H14ClN3O3/c1-6(2)8-9(14(15)16)10(11)13(12-8)7-3-4-17-5-7/h6-7H,3-5H2,1-2H3. The van der Waals surface area contributed by atoms with Crippen LogP contribution in [0.1, 0.15) is 37.9 Å². The highest BCUT2D eigenvalue weighted by atomic mass is 35.5. The predicted molar refractivity (Wildman–Crippen MR) is 62.5 cm³/mol. The van der Waals surface area contributed by atoms with Crippen molar-refractivity contribution >= 4 is 17.3 Å². The summed E-state index contributed by atoms with van der Waals surface area (Å²) in [6, 6.07) is 0.00806. The summed E-state index contributed by atoms with van der Waals surface area (Å²) in [5, 5.41) is 15.4. The SMILES string of the molecule is CC(C)c1nn(C2CCOC2)c(Cl)c1[N+](=O)[O-]. The Kier molecular flexibility index (Phi) is 3.35. The second-order valence-corrected chi connectivity index (χ2v) is 4.76. The number of aromatic nitrogens is 2. The molecule has 2 rings (SSSR count). The van der Waals surface area contributed by atoms with Crippen LogP contribution in [0.25, 0.3) is 0 Å². The van der Waals surface area contributed by atoms with Gasteiger partial charge >= 0.3 is 5.69 Å². The first-order valence-corrected chi connectivity index (χ1v) is 5.90. The van der Waals surface area contributed by atoms with Crippen molar-refractivity contribution in [1.82, 2.24) is 9.78 Å². The number of ether oxygens (including phenoxy) is 1. The fourth-order valence-electron chi connectivity index (χ4n) is 1.94. The second kappa shape index (κ2) is 4.62. The lowest BCUT2D eigenvalue weighted by molar-refractivity contribution is -0.385. The van der Waals surface area contributed by atoms with Gasteiger partial charge in [-0.1, -0.05) is 25.4 Å². The predicted octanol–water partition coefficient (Wildman–Crippen LogP) is 2.53. The van der Waals surface area contributed by atoms with Crippen LogP contribution in [0, 0.1) is 10.1 Å². The number of nitro groups is 1. The molecule has 1 aliphatic heterocycles. The normalized spacial score (nSPS) is 20.1. The van der Waals surface area contributed by atoms with Gasteiger partial charge in [0.25, 0.3) is 0 Å². The Morgan fingerprint density at radius 2 is 2.35 bits per heavy atom. The highest BCUT2D eigenvalue weighted by Gasteiger charge is 2.32. The van der Waals surface area contributed by atoms with E-state index in [2.05, 4.69) is 5.10 Å². The molecule has 1 fully saturated rings. The van der Waals surface area contributed by atoms with Gasteiger partial charge in [0.2, 0.25) is 5.15 Å². The molecule has 1 aromatic rings. The third kappa shape index (κ3) is 2.14. The quantitative estimate of drug-likeness (QED) is 0.618. The van der Waals surface area contributed by atoms with Gasteiger partial charge < -0.3 is 4.74 Å². The highest BCUT2D eigenvalue weighted by molar-refractivity contribution is 6.31. The minimum absolute atomic E-state index is 0.00806. The van der Waals surface area contributed by atoms with Crippen LogP contribution in [0.4, 0.5) is 5.69 Å². The van der Waals surface area contributed by atoms with Crippen molar-refractivity contribution in [3.8, 4) is 0 Å². The van der Waals surface area contributed by atoms with Crippen molar-refractivity contribution in [2.45, 2.75) is 32.2 Å². The molecular weight excluding hydrogens is 246 g/mol. The molecule has 17 heavy (non-hydrogen) atoms. The monoisotopic (exact) mass is 259 g/mol. The molecule has 1 unspecified atom stereocenters. The molecule has 0 bridgehead atoms. The van der Waals surface area contributed by atoms with Gasteiger partial charge in [-0.3, -0.25) is 10.1 Å². The Hall–Kier alpha value is -1.14. The number of hydrogen-bond donors (Lipinski definition) is 0. The van der Waals surface area contributed by atoms with E-state index in [1.807, 2.05) is 13.8 Å². The van der Waals surface area contributed by atoms with Crippen molar-refractivity contribution in [1.29, 1.82) is 0 Å². The van der Waals surface area contributed by atoms with E-state index in [1.165, 1.54) is 4.68 Å². The lowest BCUT2D eigenvalue weighted by Gasteiger charge is -2.08. The molecule has 1 aromatic heterocycles. The zero-order valence-corrected chi connectivity index (χ0v) is 10.5. The minimum Gasteiger partial charge on any atom is -0.379 e. The maximum Gasteiger partial charge on any atom is 0.329 e. The van der Waals surface area contributed by atoms with Crippen LogP contribution < -0.4 is 0 Å². The Bertz CT molecular complexity index is 438. The van der Waals surface area contributed by atoms with E-state index in [0.717, 1.165) is 6.42 Å². The van der Waals surface area contributed by atoms with Crippen molar-refractivity contribution in [3.63, 3.8) is 0 Å². The summed E-state index contributed by atoms with van der Waals surface area (Å²) in [4.78, 5) is 10.6. The first kappa shape index (κ1) is 12.3. The summed E-state index contributed by atoms with van der Waals surface area (Å²) in [5.41, 5.74) is 0.362. The van der Waals surface area contributed by atoms with Crippen molar-refractivity contribution in [2.24, 2.45) is 0 Å². The second-order valence-electron chi connectivity index (χ2n) is 4.40. The smallest absolute Gasteiger partial charge is 0.329 e. The van der Waals surface area contributed by atoms with Crippen molar-refractivity contribution in [3.05, 3.63) is 21.0 Å². The average molecular weight is 260 g/mol. The zero-order chi connectivity index (χ0) is 12.6. The minimum atomic E-state index is -0.461. The molecule has 94 valence electrons. The number of rotatable bonds is 3. The summed E-state index contributed by atoms with van der Waals surface area (Å²) in [7, 11) is 0. The van der Waals surface area contributed by atoms with Gasteiger partial charge in [0.15, 0.2) is 0 Å². The van der Waals surface area contributed by atoms with E-state index in [1.54, 1.807) is 0 Å². The first-order valence-electron chi connectivity index (χ1n) is 5.52. The molecule has 6 nitrogen and oxygen atoms in total. The van der Waals surface area contributed by atoms with Crippen LogP contribution in [0.2, 0.25) is 5.15 Å². The molecule has 1 aliphatic rings. The summed E-state index contributed by atoms with van der Waals surface area (Å²) in [5.74, 6) is -0.0310. The van der Waals surface area contributed by atoms with Gasteiger partial charge in [-0.15, -0.1) is 0 Å². The van der Waals surface area contributed by atoms with E-state index in [-0.39, 0.29) is 22.8 Å². The third-order valence-electron chi connectivity index (χ3n) is 2.84. The van der Waals surface area contributed by atoms with E-state index < -0.39 is 4.92 Å². The van der Waals surface area contributed by atoms with E-state index in [9.17, 15) is 10.1 Å². The fraction of sp³-hybridized carbons (Fsp3) is 0.700. The van der Waals surface area contributed by atoms with Gasteiger partial charge in [-0.2, -0.15) is 5.10 Å².